The van der Waals surface area contributed by atoms with Crippen LogP contribution < -0.4 is 10.4 Å². The number of aromatic nitrogens is 3. The molecule has 4 aromatic rings. The molecule has 4 rings (SSSR count). The predicted molar refractivity (Wildman–Crippen MR) is 158 cm³/mol. The third-order valence-corrected chi connectivity index (χ3v) is 7.13. The summed E-state index contributed by atoms with van der Waals surface area (Å²) in [5.74, 6) is 0.182. The quantitative estimate of drug-likeness (QED) is 0.239. The average Bonchev–Trinajstić information content (AvgIpc) is 3.22. The van der Waals surface area contributed by atoms with Gasteiger partial charge in [-0.2, -0.15) is 5.10 Å². The first-order valence-electron chi connectivity index (χ1n) is 14.0. The SMILES string of the molecule is CCOc1ccc(-c2ccc(CCCc3nn(Cc4ccc(C(C)(C)C)cc4)c(=O)n3CC)cc2)cc1C(=O)O. The Morgan fingerprint density at radius 2 is 1.55 bits per heavy atom. The zero-order chi connectivity index (χ0) is 28.9. The number of benzene rings is 3. The predicted octanol–water partition coefficient (Wildman–Crippen LogP) is 6.35. The number of carboxylic acids is 1. The third kappa shape index (κ3) is 6.71. The highest BCUT2D eigenvalue weighted by Crippen LogP contribution is 2.28. The van der Waals surface area contributed by atoms with Crippen molar-refractivity contribution in [2.45, 2.75) is 72.4 Å². The van der Waals surface area contributed by atoms with Gasteiger partial charge in [-0.1, -0.05) is 75.4 Å². The Morgan fingerprint density at radius 1 is 0.900 bits per heavy atom. The highest BCUT2D eigenvalue weighted by molar-refractivity contribution is 5.92. The van der Waals surface area contributed by atoms with Crippen LogP contribution in [0.25, 0.3) is 11.1 Å². The van der Waals surface area contributed by atoms with Crippen LogP contribution >= 0.6 is 0 Å². The summed E-state index contributed by atoms with van der Waals surface area (Å²) in [5.41, 5.74) is 5.46. The molecule has 0 aliphatic carbocycles. The zero-order valence-corrected chi connectivity index (χ0v) is 24.1. The summed E-state index contributed by atoms with van der Waals surface area (Å²) in [6.45, 7) is 11.8. The molecular weight excluding hydrogens is 502 g/mol. The van der Waals surface area contributed by atoms with Crippen molar-refractivity contribution in [1.29, 1.82) is 0 Å². The molecule has 0 unspecified atom stereocenters. The van der Waals surface area contributed by atoms with E-state index in [0.29, 0.717) is 31.9 Å². The smallest absolute Gasteiger partial charge is 0.346 e. The van der Waals surface area contributed by atoms with Crippen LogP contribution in [0.5, 0.6) is 5.75 Å². The molecule has 0 atom stereocenters. The van der Waals surface area contributed by atoms with E-state index in [1.807, 2.05) is 32.0 Å². The standard InChI is InChI=1S/C33H39N3O4/c1-6-35-30(34-36(32(35)39)22-24-13-18-27(19-14-24)33(3,4)5)10-8-9-23-11-15-25(16-12-23)26-17-20-29(40-7-2)28(21-26)31(37)38/h11-21H,6-10,22H2,1-5H3,(H,37,38). The summed E-state index contributed by atoms with van der Waals surface area (Å²) in [5, 5.41) is 14.2. The summed E-state index contributed by atoms with van der Waals surface area (Å²) < 4.78 is 8.78. The molecule has 0 amide bonds. The largest absolute Gasteiger partial charge is 0.493 e. The molecule has 0 saturated carbocycles. The van der Waals surface area contributed by atoms with E-state index in [1.54, 1.807) is 21.4 Å². The molecule has 40 heavy (non-hydrogen) atoms. The maximum atomic E-state index is 13.0. The van der Waals surface area contributed by atoms with Gasteiger partial charge < -0.3 is 9.84 Å². The first-order valence-corrected chi connectivity index (χ1v) is 14.0. The Balaban J connectivity index is 1.40. The number of aromatic carboxylic acids is 1. The summed E-state index contributed by atoms with van der Waals surface area (Å²) >= 11 is 0. The molecule has 1 heterocycles. The summed E-state index contributed by atoms with van der Waals surface area (Å²) in [7, 11) is 0. The second kappa shape index (κ2) is 12.4. The number of carbonyl (C=O) groups is 1. The molecule has 0 saturated heterocycles. The minimum absolute atomic E-state index is 0.0714. The van der Waals surface area contributed by atoms with Crippen LogP contribution in [0.1, 0.15) is 73.9 Å². The van der Waals surface area contributed by atoms with E-state index in [9.17, 15) is 14.7 Å². The van der Waals surface area contributed by atoms with Gasteiger partial charge in [0, 0.05) is 13.0 Å². The Labute approximate surface area is 236 Å². The molecule has 3 aromatic carbocycles. The number of nitrogens with zero attached hydrogens (tertiary/aromatic N) is 3. The van der Waals surface area contributed by atoms with Gasteiger partial charge in [0.1, 0.15) is 17.1 Å². The number of hydrogen-bond acceptors (Lipinski definition) is 4. The van der Waals surface area contributed by atoms with Crippen molar-refractivity contribution in [2.24, 2.45) is 0 Å². The lowest BCUT2D eigenvalue weighted by atomic mass is 9.87. The Bertz CT molecular complexity index is 1510. The van der Waals surface area contributed by atoms with E-state index in [4.69, 9.17) is 4.74 Å². The van der Waals surface area contributed by atoms with Gasteiger partial charge in [-0.25, -0.2) is 14.3 Å². The normalized spacial score (nSPS) is 11.5. The van der Waals surface area contributed by atoms with Crippen LogP contribution in [-0.2, 0) is 31.3 Å². The van der Waals surface area contributed by atoms with Crippen molar-refractivity contribution >= 4 is 5.97 Å². The minimum Gasteiger partial charge on any atom is -0.493 e. The fourth-order valence-electron chi connectivity index (χ4n) is 4.85. The molecule has 0 aliphatic heterocycles. The number of hydrogen-bond donors (Lipinski definition) is 1. The van der Waals surface area contributed by atoms with E-state index in [0.717, 1.165) is 35.4 Å². The van der Waals surface area contributed by atoms with Gasteiger partial charge >= 0.3 is 11.7 Å². The van der Waals surface area contributed by atoms with Crippen LogP contribution in [-0.4, -0.2) is 32.0 Å². The maximum Gasteiger partial charge on any atom is 0.346 e. The Kier molecular flexibility index (Phi) is 8.93. The van der Waals surface area contributed by atoms with Gasteiger partial charge in [0.25, 0.3) is 0 Å². The lowest BCUT2D eigenvalue weighted by Gasteiger charge is -2.19. The molecule has 7 nitrogen and oxygen atoms in total. The van der Waals surface area contributed by atoms with E-state index in [2.05, 4.69) is 62.3 Å². The van der Waals surface area contributed by atoms with Crippen molar-refractivity contribution in [3.63, 3.8) is 0 Å². The van der Waals surface area contributed by atoms with Crippen molar-refractivity contribution < 1.29 is 14.6 Å². The number of ether oxygens (including phenoxy) is 1. The fourth-order valence-corrected chi connectivity index (χ4v) is 4.85. The van der Waals surface area contributed by atoms with E-state index < -0.39 is 5.97 Å². The summed E-state index contributed by atoms with van der Waals surface area (Å²) in [6, 6.07) is 21.8. The summed E-state index contributed by atoms with van der Waals surface area (Å²) in [4.78, 5) is 24.7. The number of aryl methyl sites for hydroxylation is 2. The first-order chi connectivity index (χ1) is 19.1. The number of rotatable bonds is 11. The lowest BCUT2D eigenvalue weighted by molar-refractivity contribution is 0.0692. The topological polar surface area (TPSA) is 86.4 Å². The highest BCUT2D eigenvalue weighted by Gasteiger charge is 2.16. The van der Waals surface area contributed by atoms with E-state index >= 15 is 0 Å². The maximum absolute atomic E-state index is 13.0. The van der Waals surface area contributed by atoms with Gasteiger partial charge in [-0.05, 0) is 72.1 Å². The van der Waals surface area contributed by atoms with Gasteiger partial charge in [0.15, 0.2) is 0 Å². The van der Waals surface area contributed by atoms with Gasteiger partial charge in [-0.15, -0.1) is 0 Å². The molecule has 0 bridgehead atoms. The average molecular weight is 542 g/mol. The van der Waals surface area contributed by atoms with Crippen LogP contribution in [0.15, 0.2) is 71.5 Å². The monoisotopic (exact) mass is 541 g/mol. The molecule has 0 fully saturated rings. The molecule has 210 valence electrons. The molecule has 0 aliphatic rings. The van der Waals surface area contributed by atoms with E-state index in [-0.39, 0.29) is 16.7 Å². The van der Waals surface area contributed by atoms with Crippen molar-refractivity contribution in [3.8, 4) is 16.9 Å². The van der Waals surface area contributed by atoms with Gasteiger partial charge in [0.2, 0.25) is 0 Å². The molecule has 0 radical (unpaired) electrons. The molecule has 1 aromatic heterocycles. The number of carboxylic acid groups (broad SMARTS) is 1. The zero-order valence-electron chi connectivity index (χ0n) is 24.1. The minimum atomic E-state index is -1.01. The molecule has 7 heteroatoms. The molecule has 0 spiro atoms. The fraction of sp³-hybridized carbons (Fsp3) is 0.364. The van der Waals surface area contributed by atoms with Crippen LogP contribution in [0.3, 0.4) is 0 Å². The van der Waals surface area contributed by atoms with Crippen LogP contribution in [0.2, 0.25) is 0 Å². The third-order valence-electron chi connectivity index (χ3n) is 7.13. The first kappa shape index (κ1) is 28.9. The second-order valence-corrected chi connectivity index (χ2v) is 11.0. The van der Waals surface area contributed by atoms with Crippen LogP contribution in [0, 0.1) is 0 Å². The Hall–Kier alpha value is -4.13. The lowest BCUT2D eigenvalue weighted by Crippen LogP contribution is -2.25. The summed E-state index contributed by atoms with van der Waals surface area (Å²) in [6.07, 6.45) is 2.42. The van der Waals surface area contributed by atoms with Gasteiger partial charge in [-0.3, -0.25) is 4.57 Å². The molecular formula is C33H39N3O4. The van der Waals surface area contributed by atoms with E-state index in [1.165, 1.54) is 11.1 Å². The molecule has 1 N–H and O–H groups in total. The van der Waals surface area contributed by atoms with Crippen LogP contribution in [0.4, 0.5) is 0 Å². The second-order valence-electron chi connectivity index (χ2n) is 11.0. The Morgan fingerprint density at radius 3 is 2.15 bits per heavy atom. The van der Waals surface area contributed by atoms with Gasteiger partial charge in [0.05, 0.1) is 13.2 Å². The van der Waals surface area contributed by atoms with Crippen molar-refractivity contribution in [3.05, 3.63) is 105 Å². The highest BCUT2D eigenvalue weighted by atomic mass is 16.5. The van der Waals surface area contributed by atoms with Crippen molar-refractivity contribution in [1.82, 2.24) is 14.3 Å². The van der Waals surface area contributed by atoms with Crippen molar-refractivity contribution in [2.75, 3.05) is 6.61 Å².